The van der Waals surface area contributed by atoms with Crippen LogP contribution in [0.3, 0.4) is 0 Å². The average Bonchev–Trinajstić information content (AvgIpc) is 3.62. The fraction of sp³-hybridized carbons (Fsp3) is 0. The first-order valence-electron chi connectivity index (χ1n) is 19.0. The second kappa shape index (κ2) is 14.4. The maximum atomic E-state index is 4.61. The fourth-order valence-electron chi connectivity index (χ4n) is 7.94. The molecule has 0 radical (unpaired) electrons. The number of hydrogen-bond donors (Lipinski definition) is 0. The SMILES string of the molecule is c1ccc(-c2ccc(N(c3ccc(-c4ccc5c(c4)c4ccccc4n5-c4ccccc4)cc3)c3ccc(-c4ccccn4)cc3)c(-c3ccccc3)c2)cc1. The summed E-state index contributed by atoms with van der Waals surface area (Å²) in [5, 5.41) is 2.49. The monoisotopic (exact) mass is 715 g/mol. The first-order valence-corrected chi connectivity index (χ1v) is 19.0. The maximum absolute atomic E-state index is 4.61. The van der Waals surface area contributed by atoms with Crippen molar-refractivity contribution in [1.82, 2.24) is 9.55 Å². The first-order chi connectivity index (χ1) is 27.8. The Morgan fingerprint density at radius 3 is 1.59 bits per heavy atom. The molecule has 2 aromatic heterocycles. The number of rotatable bonds is 8. The molecule has 0 aliphatic heterocycles. The van der Waals surface area contributed by atoms with Gasteiger partial charge in [0, 0.05) is 45.2 Å². The molecular weight excluding hydrogens is 679 g/mol. The van der Waals surface area contributed by atoms with Crippen molar-refractivity contribution < 1.29 is 0 Å². The molecule has 264 valence electrons. The van der Waals surface area contributed by atoms with E-state index in [1.165, 1.54) is 44.1 Å². The van der Waals surface area contributed by atoms with Crippen LogP contribution >= 0.6 is 0 Å². The number of benzene rings is 8. The Balaban J connectivity index is 1.10. The van der Waals surface area contributed by atoms with Gasteiger partial charge in [-0.15, -0.1) is 0 Å². The number of pyridine rings is 1. The Kier molecular flexibility index (Phi) is 8.51. The Morgan fingerprint density at radius 1 is 0.357 bits per heavy atom. The normalized spacial score (nSPS) is 11.2. The molecule has 0 spiro atoms. The molecule has 0 amide bonds. The predicted octanol–water partition coefficient (Wildman–Crippen LogP) is 14.3. The van der Waals surface area contributed by atoms with E-state index < -0.39 is 0 Å². The van der Waals surface area contributed by atoms with E-state index >= 15 is 0 Å². The van der Waals surface area contributed by atoms with Crippen LogP contribution in [0.4, 0.5) is 17.1 Å². The number of para-hydroxylation sites is 2. The van der Waals surface area contributed by atoms with Gasteiger partial charge in [0.25, 0.3) is 0 Å². The van der Waals surface area contributed by atoms with Crippen LogP contribution < -0.4 is 4.90 Å². The van der Waals surface area contributed by atoms with Crippen molar-refractivity contribution in [1.29, 1.82) is 0 Å². The molecule has 0 aliphatic carbocycles. The molecule has 0 N–H and O–H groups in total. The summed E-state index contributed by atoms with van der Waals surface area (Å²) in [7, 11) is 0. The predicted molar refractivity (Wildman–Crippen MR) is 235 cm³/mol. The maximum Gasteiger partial charge on any atom is 0.0701 e. The number of aromatic nitrogens is 2. The molecule has 3 nitrogen and oxygen atoms in total. The van der Waals surface area contributed by atoms with Gasteiger partial charge < -0.3 is 9.47 Å². The minimum absolute atomic E-state index is 0.955. The van der Waals surface area contributed by atoms with E-state index in [2.05, 4.69) is 221 Å². The summed E-state index contributed by atoms with van der Waals surface area (Å²) < 4.78 is 2.36. The summed E-state index contributed by atoms with van der Waals surface area (Å²) in [6, 6.07) is 78.1. The molecule has 10 aromatic rings. The quantitative estimate of drug-likeness (QED) is 0.156. The van der Waals surface area contributed by atoms with E-state index in [0.29, 0.717) is 0 Å². The average molecular weight is 716 g/mol. The molecule has 0 fully saturated rings. The van der Waals surface area contributed by atoms with Crippen LogP contribution in [0.2, 0.25) is 0 Å². The lowest BCUT2D eigenvalue weighted by Gasteiger charge is -2.29. The molecule has 0 saturated heterocycles. The zero-order valence-electron chi connectivity index (χ0n) is 30.7. The molecule has 0 unspecified atom stereocenters. The summed E-state index contributed by atoms with van der Waals surface area (Å²) in [6.45, 7) is 0. The van der Waals surface area contributed by atoms with Gasteiger partial charge in [-0.25, -0.2) is 0 Å². The third kappa shape index (κ3) is 6.12. The third-order valence-electron chi connectivity index (χ3n) is 10.7. The zero-order valence-corrected chi connectivity index (χ0v) is 30.7. The first kappa shape index (κ1) is 33.1. The lowest BCUT2D eigenvalue weighted by molar-refractivity contribution is 1.18. The number of anilines is 3. The summed E-state index contributed by atoms with van der Waals surface area (Å²) >= 11 is 0. The molecule has 10 rings (SSSR count). The molecule has 2 heterocycles. The van der Waals surface area contributed by atoms with Crippen molar-refractivity contribution >= 4 is 38.9 Å². The highest BCUT2D eigenvalue weighted by molar-refractivity contribution is 6.10. The topological polar surface area (TPSA) is 21.1 Å². The van der Waals surface area contributed by atoms with E-state index in [4.69, 9.17) is 0 Å². The second-order valence-corrected chi connectivity index (χ2v) is 14.0. The van der Waals surface area contributed by atoms with Crippen LogP contribution in [0.5, 0.6) is 0 Å². The van der Waals surface area contributed by atoms with E-state index in [1.54, 1.807) is 0 Å². The van der Waals surface area contributed by atoms with Crippen molar-refractivity contribution in [2.45, 2.75) is 0 Å². The van der Waals surface area contributed by atoms with Gasteiger partial charge in [-0.3, -0.25) is 4.98 Å². The van der Waals surface area contributed by atoms with Gasteiger partial charge in [-0.1, -0.05) is 140 Å². The number of hydrogen-bond acceptors (Lipinski definition) is 2. The number of fused-ring (bicyclic) bond motifs is 3. The Morgan fingerprint density at radius 2 is 0.893 bits per heavy atom. The second-order valence-electron chi connectivity index (χ2n) is 14.0. The van der Waals surface area contributed by atoms with Crippen LogP contribution in [0.1, 0.15) is 0 Å². The highest BCUT2D eigenvalue weighted by Crippen LogP contribution is 2.44. The number of nitrogens with zero attached hydrogens (tertiary/aromatic N) is 3. The molecule has 3 heteroatoms. The zero-order chi connectivity index (χ0) is 37.3. The lowest BCUT2D eigenvalue weighted by Crippen LogP contribution is -2.11. The molecule has 0 saturated carbocycles. The smallest absolute Gasteiger partial charge is 0.0701 e. The van der Waals surface area contributed by atoms with Gasteiger partial charge in [0.1, 0.15) is 0 Å². The third-order valence-corrected chi connectivity index (χ3v) is 10.7. The van der Waals surface area contributed by atoms with Crippen LogP contribution in [-0.2, 0) is 0 Å². The summed E-state index contributed by atoms with van der Waals surface area (Å²) in [5.74, 6) is 0. The Labute approximate surface area is 327 Å². The van der Waals surface area contributed by atoms with Gasteiger partial charge in [-0.2, -0.15) is 0 Å². The van der Waals surface area contributed by atoms with Crippen molar-refractivity contribution in [3.8, 4) is 50.3 Å². The van der Waals surface area contributed by atoms with Gasteiger partial charge >= 0.3 is 0 Å². The van der Waals surface area contributed by atoms with E-state index in [9.17, 15) is 0 Å². The van der Waals surface area contributed by atoms with Crippen LogP contribution in [0, 0.1) is 0 Å². The summed E-state index contributed by atoms with van der Waals surface area (Å²) in [5.41, 5.74) is 15.9. The van der Waals surface area contributed by atoms with Crippen LogP contribution in [0.15, 0.2) is 225 Å². The van der Waals surface area contributed by atoms with Gasteiger partial charge in [-0.05, 0) is 107 Å². The summed E-state index contributed by atoms with van der Waals surface area (Å²) in [4.78, 5) is 6.98. The summed E-state index contributed by atoms with van der Waals surface area (Å²) in [6.07, 6.45) is 1.84. The minimum atomic E-state index is 0.955. The van der Waals surface area contributed by atoms with Crippen molar-refractivity contribution in [3.63, 3.8) is 0 Å². The van der Waals surface area contributed by atoms with Gasteiger partial charge in [0.15, 0.2) is 0 Å². The van der Waals surface area contributed by atoms with Crippen LogP contribution in [-0.4, -0.2) is 9.55 Å². The van der Waals surface area contributed by atoms with Gasteiger partial charge in [0.2, 0.25) is 0 Å². The molecule has 56 heavy (non-hydrogen) atoms. The van der Waals surface area contributed by atoms with Crippen LogP contribution in [0.25, 0.3) is 72.1 Å². The fourth-order valence-corrected chi connectivity index (χ4v) is 7.94. The van der Waals surface area contributed by atoms with E-state index in [0.717, 1.165) is 45.1 Å². The Bertz CT molecular complexity index is 2920. The molecule has 0 bridgehead atoms. The minimum Gasteiger partial charge on any atom is -0.310 e. The largest absolute Gasteiger partial charge is 0.310 e. The Hall–Kier alpha value is -7.49. The molecule has 0 aliphatic rings. The van der Waals surface area contributed by atoms with Crippen molar-refractivity contribution in [2.75, 3.05) is 4.90 Å². The molecule has 0 atom stereocenters. The van der Waals surface area contributed by atoms with Crippen molar-refractivity contribution in [2.24, 2.45) is 0 Å². The highest BCUT2D eigenvalue weighted by Gasteiger charge is 2.19. The van der Waals surface area contributed by atoms with Crippen molar-refractivity contribution in [3.05, 3.63) is 225 Å². The standard InChI is InChI=1S/C53H37N3/c1-4-14-38(15-5-1)42-27-33-52(48(36-42)40-16-6-2-7-17-40)55(46-31-25-41(26-32-46)50-21-12-13-35-54-50)45-29-23-39(24-30-45)43-28-34-53-49(37-43)47-20-10-11-22-51(47)56(53)44-18-8-3-9-19-44/h1-37H. The van der Waals surface area contributed by atoms with E-state index in [-0.39, 0.29) is 0 Å². The van der Waals surface area contributed by atoms with E-state index in [1.807, 2.05) is 18.3 Å². The highest BCUT2D eigenvalue weighted by atomic mass is 15.1. The molecule has 8 aromatic carbocycles. The molecular formula is C53H37N3. The lowest BCUT2D eigenvalue weighted by atomic mass is 9.96. The van der Waals surface area contributed by atoms with Gasteiger partial charge in [0.05, 0.1) is 22.4 Å².